The molecule has 2 aromatic rings. The lowest BCUT2D eigenvalue weighted by Crippen LogP contribution is -2.14. The Kier molecular flexibility index (Phi) is 7.70. The zero-order chi connectivity index (χ0) is 20.0. The van der Waals surface area contributed by atoms with E-state index in [0.717, 1.165) is 16.2 Å². The summed E-state index contributed by atoms with van der Waals surface area (Å²) in [5.74, 6) is -0.902. The first-order chi connectivity index (χ1) is 12.9. The first-order valence-electron chi connectivity index (χ1n) is 7.85. The molecule has 0 aliphatic rings. The van der Waals surface area contributed by atoms with Crippen LogP contribution < -0.4 is 5.32 Å². The number of hydrogen-bond acceptors (Lipinski definition) is 7. The van der Waals surface area contributed by atoms with E-state index in [0.29, 0.717) is 16.3 Å². The largest absolute Gasteiger partial charge is 0.465 e. The molecule has 0 saturated heterocycles. The van der Waals surface area contributed by atoms with Crippen LogP contribution in [-0.2, 0) is 14.3 Å². The number of esters is 2. The fourth-order valence-corrected chi connectivity index (χ4v) is 4.33. The minimum absolute atomic E-state index is 0.168. The van der Waals surface area contributed by atoms with Crippen molar-refractivity contribution in [2.24, 2.45) is 0 Å². The van der Waals surface area contributed by atoms with Gasteiger partial charge in [0.2, 0.25) is 5.91 Å². The highest BCUT2D eigenvalue weighted by atomic mass is 35.5. The fourth-order valence-electron chi connectivity index (χ4n) is 2.22. The van der Waals surface area contributed by atoms with E-state index in [2.05, 4.69) is 5.32 Å². The molecular weight excluding hydrogens is 410 g/mol. The standard InChI is InChI=1S/C18H18ClNO5S2/c1-10-14(17(22)24-2)16(27-15(10)18(23)25-3)20-13(21)8-9-26-12-6-4-11(19)5-7-12/h4-7H,8-9H2,1-3H3,(H,20,21). The zero-order valence-corrected chi connectivity index (χ0v) is 17.3. The number of carbonyl (C=O) groups excluding carboxylic acids is 3. The molecule has 0 spiro atoms. The summed E-state index contributed by atoms with van der Waals surface area (Å²) >= 11 is 8.35. The third-order valence-corrected chi connectivity index (χ3v) is 6.02. The molecule has 0 bridgehead atoms. The lowest BCUT2D eigenvalue weighted by molar-refractivity contribution is -0.115. The van der Waals surface area contributed by atoms with Gasteiger partial charge in [-0.05, 0) is 36.8 Å². The average Bonchev–Trinajstić information content (AvgIpc) is 2.98. The monoisotopic (exact) mass is 427 g/mol. The highest BCUT2D eigenvalue weighted by Gasteiger charge is 2.26. The van der Waals surface area contributed by atoms with Crippen molar-refractivity contribution in [1.82, 2.24) is 0 Å². The van der Waals surface area contributed by atoms with Crippen molar-refractivity contribution in [2.45, 2.75) is 18.2 Å². The Bertz CT molecular complexity index is 848. The second kappa shape index (κ2) is 9.77. The van der Waals surface area contributed by atoms with Crippen molar-refractivity contribution in [3.63, 3.8) is 0 Å². The van der Waals surface area contributed by atoms with Gasteiger partial charge < -0.3 is 14.8 Å². The molecule has 144 valence electrons. The van der Waals surface area contributed by atoms with Crippen LogP contribution in [0.4, 0.5) is 5.00 Å². The minimum atomic E-state index is -0.621. The molecule has 6 nitrogen and oxygen atoms in total. The molecule has 1 aromatic heterocycles. The van der Waals surface area contributed by atoms with Crippen LogP contribution in [0.3, 0.4) is 0 Å². The molecule has 0 atom stereocenters. The quantitative estimate of drug-likeness (QED) is 0.520. The number of halogens is 1. The normalized spacial score (nSPS) is 10.4. The molecule has 1 heterocycles. The number of rotatable bonds is 7. The van der Waals surface area contributed by atoms with Crippen LogP contribution in [-0.4, -0.2) is 37.8 Å². The van der Waals surface area contributed by atoms with Crippen LogP contribution in [0.5, 0.6) is 0 Å². The summed E-state index contributed by atoms with van der Waals surface area (Å²) in [5.41, 5.74) is 0.589. The Hall–Kier alpha value is -2.03. The van der Waals surface area contributed by atoms with Crippen molar-refractivity contribution in [1.29, 1.82) is 0 Å². The molecule has 0 saturated carbocycles. The van der Waals surface area contributed by atoms with Gasteiger partial charge in [0, 0.05) is 22.1 Å². The number of thiophene rings is 1. The Morgan fingerprint density at radius 3 is 2.33 bits per heavy atom. The topological polar surface area (TPSA) is 81.7 Å². The van der Waals surface area contributed by atoms with Gasteiger partial charge in [-0.3, -0.25) is 4.79 Å². The molecule has 2 rings (SSSR count). The molecule has 9 heteroatoms. The van der Waals surface area contributed by atoms with Gasteiger partial charge in [0.1, 0.15) is 9.88 Å². The maximum atomic E-state index is 12.3. The van der Waals surface area contributed by atoms with Crippen LogP contribution in [0.1, 0.15) is 32.0 Å². The number of carbonyl (C=O) groups is 3. The van der Waals surface area contributed by atoms with E-state index in [-0.39, 0.29) is 27.8 Å². The summed E-state index contributed by atoms with van der Waals surface area (Å²) in [6.07, 6.45) is 0.235. The fraction of sp³-hybridized carbons (Fsp3) is 0.278. The minimum Gasteiger partial charge on any atom is -0.465 e. The van der Waals surface area contributed by atoms with Gasteiger partial charge in [-0.25, -0.2) is 9.59 Å². The van der Waals surface area contributed by atoms with Crippen molar-refractivity contribution in [2.75, 3.05) is 25.3 Å². The van der Waals surface area contributed by atoms with Crippen molar-refractivity contribution in [3.05, 3.63) is 45.3 Å². The third kappa shape index (κ3) is 5.47. The van der Waals surface area contributed by atoms with Gasteiger partial charge >= 0.3 is 11.9 Å². The van der Waals surface area contributed by atoms with E-state index in [9.17, 15) is 14.4 Å². The van der Waals surface area contributed by atoms with Crippen LogP contribution >= 0.6 is 34.7 Å². The number of anilines is 1. The molecule has 0 fully saturated rings. The first-order valence-corrected chi connectivity index (χ1v) is 10.0. The predicted molar refractivity (Wildman–Crippen MR) is 107 cm³/mol. The molecule has 27 heavy (non-hydrogen) atoms. The van der Waals surface area contributed by atoms with E-state index in [1.54, 1.807) is 19.1 Å². The van der Waals surface area contributed by atoms with Gasteiger partial charge in [0.25, 0.3) is 0 Å². The lowest BCUT2D eigenvalue weighted by Gasteiger charge is -2.06. The number of methoxy groups -OCH3 is 2. The lowest BCUT2D eigenvalue weighted by atomic mass is 10.1. The number of benzene rings is 1. The van der Waals surface area contributed by atoms with Gasteiger partial charge in [-0.2, -0.15) is 0 Å². The molecule has 0 aliphatic carbocycles. The van der Waals surface area contributed by atoms with Crippen LogP contribution in [0.25, 0.3) is 0 Å². The summed E-state index contributed by atoms with van der Waals surface area (Å²) in [5, 5.41) is 3.63. The maximum absolute atomic E-state index is 12.3. The molecule has 0 aliphatic heterocycles. The Labute approximate surface area is 170 Å². The van der Waals surface area contributed by atoms with Gasteiger partial charge in [0.05, 0.1) is 19.8 Å². The number of thioether (sulfide) groups is 1. The molecule has 0 radical (unpaired) electrons. The van der Waals surface area contributed by atoms with E-state index in [1.165, 1.54) is 26.0 Å². The highest BCUT2D eigenvalue weighted by Crippen LogP contribution is 2.34. The average molecular weight is 428 g/mol. The second-order valence-electron chi connectivity index (χ2n) is 5.34. The zero-order valence-electron chi connectivity index (χ0n) is 15.0. The molecule has 1 amide bonds. The maximum Gasteiger partial charge on any atom is 0.348 e. The van der Waals surface area contributed by atoms with E-state index in [1.807, 2.05) is 12.1 Å². The van der Waals surface area contributed by atoms with Gasteiger partial charge in [-0.1, -0.05) is 11.6 Å². The van der Waals surface area contributed by atoms with Crippen molar-refractivity contribution in [3.8, 4) is 0 Å². The SMILES string of the molecule is COC(=O)c1sc(NC(=O)CCSc2ccc(Cl)cc2)c(C(=O)OC)c1C. The third-order valence-electron chi connectivity index (χ3n) is 3.57. The summed E-state index contributed by atoms with van der Waals surface area (Å²) in [7, 11) is 2.50. The van der Waals surface area contributed by atoms with E-state index in [4.69, 9.17) is 21.1 Å². The van der Waals surface area contributed by atoms with E-state index < -0.39 is 11.9 Å². The van der Waals surface area contributed by atoms with Gasteiger partial charge in [0.15, 0.2) is 0 Å². The first kappa shape index (κ1) is 21.3. The summed E-state index contributed by atoms with van der Waals surface area (Å²) in [6, 6.07) is 7.34. The van der Waals surface area contributed by atoms with E-state index >= 15 is 0 Å². The Morgan fingerprint density at radius 1 is 1.11 bits per heavy atom. The van der Waals surface area contributed by atoms with Crippen molar-refractivity contribution < 1.29 is 23.9 Å². The second-order valence-corrected chi connectivity index (χ2v) is 7.97. The Balaban J connectivity index is 2.06. The summed E-state index contributed by atoms with van der Waals surface area (Å²) in [4.78, 5) is 37.4. The summed E-state index contributed by atoms with van der Waals surface area (Å²) in [6.45, 7) is 1.61. The predicted octanol–water partition coefficient (Wildman–Crippen LogP) is 4.40. The molecular formula is C18H18ClNO5S2. The molecule has 0 unspecified atom stereocenters. The number of hydrogen-bond donors (Lipinski definition) is 1. The number of ether oxygens (including phenoxy) is 2. The van der Waals surface area contributed by atoms with Crippen molar-refractivity contribution >= 4 is 57.5 Å². The highest BCUT2D eigenvalue weighted by molar-refractivity contribution is 7.99. The van der Waals surface area contributed by atoms with Gasteiger partial charge in [-0.15, -0.1) is 23.1 Å². The van der Waals surface area contributed by atoms with Crippen LogP contribution in [0.2, 0.25) is 5.02 Å². The smallest absolute Gasteiger partial charge is 0.348 e. The van der Waals surface area contributed by atoms with Crippen LogP contribution in [0, 0.1) is 6.92 Å². The molecule has 1 N–H and O–H groups in total. The summed E-state index contributed by atoms with van der Waals surface area (Å²) < 4.78 is 9.48. The number of amides is 1. The number of nitrogens with one attached hydrogen (secondary N) is 1. The molecule has 1 aromatic carbocycles. The Morgan fingerprint density at radius 2 is 1.74 bits per heavy atom. The van der Waals surface area contributed by atoms with Crippen LogP contribution in [0.15, 0.2) is 29.2 Å².